The topological polar surface area (TPSA) is 46.5 Å². The highest BCUT2D eigenvalue weighted by atomic mass is 16.5. The van der Waals surface area contributed by atoms with Crippen LogP contribution in [-0.2, 0) is 9.53 Å². The molecule has 1 aromatic carbocycles. The van der Waals surface area contributed by atoms with E-state index in [2.05, 4.69) is 0 Å². The number of carbonyl (C=O) groups excluding carboxylic acids is 1. The number of aliphatic hydroxyl groups excluding tert-OH is 1. The first-order chi connectivity index (χ1) is 12.8. The first kappa shape index (κ1) is 21.0. The minimum atomic E-state index is -0.220. The Hall–Kier alpha value is -1.35. The number of hydrogen-bond acceptors (Lipinski definition) is 3. The van der Waals surface area contributed by atoms with E-state index in [4.69, 9.17) is 4.74 Å². The molecule has 1 aliphatic heterocycles. The Labute approximate surface area is 159 Å². The summed E-state index contributed by atoms with van der Waals surface area (Å²) < 4.78 is 5.86. The molecule has 1 fully saturated rings. The molecule has 0 saturated carbocycles. The Morgan fingerprint density at radius 2 is 1.38 bits per heavy atom. The zero-order valence-corrected chi connectivity index (χ0v) is 16.2. The number of ether oxygens (including phenoxy) is 1. The van der Waals surface area contributed by atoms with Crippen LogP contribution in [-0.4, -0.2) is 23.8 Å². The summed E-state index contributed by atoms with van der Waals surface area (Å²) in [6, 6.07) is 9.98. The summed E-state index contributed by atoms with van der Waals surface area (Å²) in [7, 11) is 0. The molecule has 1 aromatic rings. The van der Waals surface area contributed by atoms with E-state index in [9.17, 15) is 9.90 Å². The van der Waals surface area contributed by atoms with E-state index < -0.39 is 0 Å². The normalized spacial score (nSPS) is 23.1. The van der Waals surface area contributed by atoms with Gasteiger partial charge in [-0.2, -0.15) is 0 Å². The first-order valence-electron chi connectivity index (χ1n) is 10.7. The lowest BCUT2D eigenvalue weighted by Gasteiger charge is -2.26. The van der Waals surface area contributed by atoms with E-state index in [0.29, 0.717) is 6.42 Å². The van der Waals surface area contributed by atoms with Crippen LogP contribution in [0.3, 0.4) is 0 Å². The number of benzene rings is 1. The molecule has 146 valence electrons. The highest BCUT2D eigenvalue weighted by Crippen LogP contribution is 2.27. The summed E-state index contributed by atoms with van der Waals surface area (Å²) >= 11 is 0. The molecule has 1 N–H and O–H groups in total. The molecule has 3 nitrogen and oxygen atoms in total. The van der Waals surface area contributed by atoms with E-state index in [1.807, 2.05) is 30.3 Å². The van der Waals surface area contributed by atoms with Crippen LogP contribution < -0.4 is 0 Å². The van der Waals surface area contributed by atoms with Gasteiger partial charge >= 0.3 is 5.97 Å². The lowest BCUT2D eigenvalue weighted by Crippen LogP contribution is -2.28. The van der Waals surface area contributed by atoms with Gasteiger partial charge in [0.05, 0.1) is 6.61 Å². The Morgan fingerprint density at radius 1 is 0.846 bits per heavy atom. The zero-order valence-electron chi connectivity index (χ0n) is 16.2. The molecule has 0 bridgehead atoms. The summed E-state index contributed by atoms with van der Waals surface area (Å²) in [5, 5.41) is 9.97. The van der Waals surface area contributed by atoms with Gasteiger partial charge in [0.2, 0.25) is 0 Å². The average Bonchev–Trinajstić information content (AvgIpc) is 2.65. The monoisotopic (exact) mass is 360 g/mol. The molecule has 0 aromatic heterocycles. The van der Waals surface area contributed by atoms with Gasteiger partial charge in [0.1, 0.15) is 6.10 Å². The lowest BCUT2D eigenvalue weighted by molar-refractivity contribution is -0.151. The van der Waals surface area contributed by atoms with Crippen molar-refractivity contribution in [2.45, 2.75) is 95.5 Å². The third-order valence-corrected chi connectivity index (χ3v) is 5.53. The maximum absolute atomic E-state index is 12.3. The van der Waals surface area contributed by atoms with Gasteiger partial charge in [-0.15, -0.1) is 0 Å². The SMILES string of the molecule is O=C1CCCCCCCCCCCCCC(C(CO)c2ccccc2)O1. The van der Waals surface area contributed by atoms with E-state index >= 15 is 0 Å². The largest absolute Gasteiger partial charge is 0.462 e. The Kier molecular flexibility index (Phi) is 10.4. The molecule has 3 heteroatoms. The molecular formula is C23H36O3. The standard InChI is InChI=1S/C23H36O3/c24-19-21(20-15-11-10-12-16-20)22-17-13-8-6-4-2-1-3-5-7-9-14-18-23(25)26-22/h10-12,15-16,21-22,24H,1-9,13-14,17-19H2. The van der Waals surface area contributed by atoms with Gasteiger partial charge in [-0.3, -0.25) is 4.79 Å². The van der Waals surface area contributed by atoms with Gasteiger partial charge in [0.15, 0.2) is 0 Å². The molecule has 2 unspecified atom stereocenters. The van der Waals surface area contributed by atoms with Crippen molar-refractivity contribution in [3.63, 3.8) is 0 Å². The van der Waals surface area contributed by atoms with Gasteiger partial charge in [0, 0.05) is 12.3 Å². The van der Waals surface area contributed by atoms with Gasteiger partial charge in [-0.1, -0.05) is 88.1 Å². The summed E-state index contributed by atoms with van der Waals surface area (Å²) in [5.74, 6) is -0.226. The van der Waals surface area contributed by atoms with Crippen LogP contribution in [0.15, 0.2) is 30.3 Å². The third kappa shape index (κ3) is 7.90. The molecule has 26 heavy (non-hydrogen) atoms. The molecule has 0 amide bonds. The summed E-state index contributed by atoms with van der Waals surface area (Å²) in [5.41, 5.74) is 1.06. The quantitative estimate of drug-likeness (QED) is 0.697. The Balaban J connectivity index is 1.98. The number of carbonyl (C=O) groups is 1. The summed E-state index contributed by atoms with van der Waals surface area (Å²) in [4.78, 5) is 12.3. The van der Waals surface area contributed by atoms with Crippen molar-refractivity contribution >= 4 is 5.97 Å². The number of esters is 1. The molecule has 0 aliphatic carbocycles. The minimum Gasteiger partial charge on any atom is -0.462 e. The fourth-order valence-corrected chi connectivity index (χ4v) is 3.91. The maximum atomic E-state index is 12.3. The molecule has 1 saturated heterocycles. The Morgan fingerprint density at radius 3 is 1.96 bits per heavy atom. The van der Waals surface area contributed by atoms with Crippen molar-refractivity contribution in [3.05, 3.63) is 35.9 Å². The number of aliphatic hydroxyl groups is 1. The third-order valence-electron chi connectivity index (χ3n) is 5.53. The van der Waals surface area contributed by atoms with Crippen LogP contribution in [0.2, 0.25) is 0 Å². The van der Waals surface area contributed by atoms with Gasteiger partial charge in [-0.25, -0.2) is 0 Å². The van der Waals surface area contributed by atoms with Gasteiger partial charge in [-0.05, 0) is 24.8 Å². The predicted molar refractivity (Wildman–Crippen MR) is 106 cm³/mol. The number of hydrogen-bond donors (Lipinski definition) is 1. The van der Waals surface area contributed by atoms with Crippen molar-refractivity contribution in [1.82, 2.24) is 0 Å². The summed E-state index contributed by atoms with van der Waals surface area (Å²) in [6.45, 7) is 0.0158. The van der Waals surface area contributed by atoms with Crippen LogP contribution >= 0.6 is 0 Å². The summed E-state index contributed by atoms with van der Waals surface area (Å²) in [6.07, 6.45) is 14.5. The van der Waals surface area contributed by atoms with Crippen molar-refractivity contribution in [2.24, 2.45) is 0 Å². The molecule has 1 aliphatic rings. The van der Waals surface area contributed by atoms with Gasteiger partial charge < -0.3 is 9.84 Å². The van der Waals surface area contributed by atoms with Gasteiger partial charge in [0.25, 0.3) is 0 Å². The molecular weight excluding hydrogens is 324 g/mol. The highest BCUT2D eigenvalue weighted by molar-refractivity contribution is 5.69. The molecule has 1 heterocycles. The van der Waals surface area contributed by atoms with Crippen molar-refractivity contribution in [3.8, 4) is 0 Å². The molecule has 2 rings (SSSR count). The maximum Gasteiger partial charge on any atom is 0.306 e. The fourth-order valence-electron chi connectivity index (χ4n) is 3.91. The van der Waals surface area contributed by atoms with Crippen molar-refractivity contribution < 1.29 is 14.6 Å². The van der Waals surface area contributed by atoms with E-state index in [0.717, 1.165) is 31.2 Å². The van der Waals surface area contributed by atoms with E-state index in [1.54, 1.807) is 0 Å². The van der Waals surface area contributed by atoms with Crippen LogP contribution in [0.4, 0.5) is 0 Å². The van der Waals surface area contributed by atoms with Crippen molar-refractivity contribution in [1.29, 1.82) is 0 Å². The predicted octanol–water partition coefficient (Wildman–Crippen LogP) is 5.76. The number of rotatable bonds is 3. The van der Waals surface area contributed by atoms with Crippen LogP contribution in [0.1, 0.15) is 95.0 Å². The average molecular weight is 361 g/mol. The second-order valence-corrected chi connectivity index (χ2v) is 7.66. The Bertz CT molecular complexity index is 485. The van der Waals surface area contributed by atoms with Crippen LogP contribution in [0.25, 0.3) is 0 Å². The second-order valence-electron chi connectivity index (χ2n) is 7.66. The van der Waals surface area contributed by atoms with Crippen molar-refractivity contribution in [2.75, 3.05) is 6.61 Å². The van der Waals surface area contributed by atoms with E-state index in [-0.39, 0.29) is 24.6 Å². The highest BCUT2D eigenvalue weighted by Gasteiger charge is 2.25. The van der Waals surface area contributed by atoms with Crippen LogP contribution in [0, 0.1) is 0 Å². The number of cyclic esters (lactones) is 1. The minimum absolute atomic E-state index is 0.0158. The zero-order chi connectivity index (χ0) is 18.5. The molecule has 0 radical (unpaired) electrons. The van der Waals surface area contributed by atoms with E-state index in [1.165, 1.54) is 51.4 Å². The molecule has 0 spiro atoms. The molecule has 2 atom stereocenters. The smallest absolute Gasteiger partial charge is 0.306 e. The fraction of sp³-hybridized carbons (Fsp3) is 0.696. The lowest BCUT2D eigenvalue weighted by atomic mass is 9.90. The first-order valence-corrected chi connectivity index (χ1v) is 10.7. The second kappa shape index (κ2) is 12.9. The van der Waals surface area contributed by atoms with Crippen LogP contribution in [0.5, 0.6) is 0 Å².